The number of aliphatic carboxylic acids is 1. The number of benzene rings is 1. The predicted molar refractivity (Wildman–Crippen MR) is 71.3 cm³/mol. The van der Waals surface area contributed by atoms with Gasteiger partial charge in [0.2, 0.25) is 10.0 Å². The molecule has 1 aliphatic rings. The number of hydrogen-bond acceptors (Lipinski definition) is 3. The second-order valence-corrected chi connectivity index (χ2v) is 7.47. The normalized spacial score (nSPS) is 20.3. The van der Waals surface area contributed by atoms with Gasteiger partial charge in [-0.25, -0.2) is 8.42 Å². The van der Waals surface area contributed by atoms with Crippen molar-refractivity contribution in [3.05, 3.63) is 35.4 Å². The fourth-order valence-electron chi connectivity index (χ4n) is 2.28. The monoisotopic (exact) mass is 283 g/mol. The molecule has 5 nitrogen and oxygen atoms in total. The van der Waals surface area contributed by atoms with Crippen LogP contribution < -0.4 is 0 Å². The Balaban J connectivity index is 2.44. The van der Waals surface area contributed by atoms with Crippen LogP contribution in [-0.4, -0.2) is 35.6 Å². The summed E-state index contributed by atoms with van der Waals surface area (Å²) >= 11 is 0. The molecule has 0 fully saturated rings. The number of carbonyl (C=O) groups is 1. The number of sulfonamides is 1. The molecule has 1 aromatic carbocycles. The van der Waals surface area contributed by atoms with Crippen molar-refractivity contribution in [2.75, 3.05) is 6.54 Å². The van der Waals surface area contributed by atoms with Crippen molar-refractivity contribution in [1.82, 2.24) is 4.31 Å². The van der Waals surface area contributed by atoms with E-state index in [1.807, 2.05) is 0 Å². The third kappa shape index (κ3) is 2.50. The van der Waals surface area contributed by atoms with E-state index < -0.39 is 27.2 Å². The van der Waals surface area contributed by atoms with Gasteiger partial charge in [0.1, 0.15) is 0 Å². The molecule has 0 spiro atoms. The van der Waals surface area contributed by atoms with Crippen LogP contribution in [0.3, 0.4) is 0 Å². The zero-order chi connectivity index (χ0) is 14.2. The molecule has 0 saturated heterocycles. The Kier molecular flexibility index (Phi) is 3.64. The highest BCUT2D eigenvalue weighted by molar-refractivity contribution is 7.89. The SMILES string of the molecule is CC(C)S(=O)(=O)N1Cc2ccccc2C(C(=O)O)C1. The summed E-state index contributed by atoms with van der Waals surface area (Å²) in [6.45, 7) is 3.46. The summed E-state index contributed by atoms with van der Waals surface area (Å²) < 4.78 is 25.7. The van der Waals surface area contributed by atoms with Crippen LogP contribution in [0.1, 0.15) is 30.9 Å². The summed E-state index contributed by atoms with van der Waals surface area (Å²) in [6, 6.07) is 7.12. The van der Waals surface area contributed by atoms with E-state index in [9.17, 15) is 18.3 Å². The van der Waals surface area contributed by atoms with Gasteiger partial charge in [-0.15, -0.1) is 0 Å². The van der Waals surface area contributed by atoms with Crippen LogP contribution in [0.25, 0.3) is 0 Å². The van der Waals surface area contributed by atoms with E-state index in [4.69, 9.17) is 0 Å². The number of fused-ring (bicyclic) bond motifs is 1. The second kappa shape index (κ2) is 4.94. The molecule has 0 aliphatic carbocycles. The Morgan fingerprint density at radius 3 is 2.58 bits per heavy atom. The van der Waals surface area contributed by atoms with Crippen molar-refractivity contribution in [1.29, 1.82) is 0 Å². The van der Waals surface area contributed by atoms with Crippen molar-refractivity contribution >= 4 is 16.0 Å². The largest absolute Gasteiger partial charge is 0.481 e. The molecule has 1 aromatic rings. The van der Waals surface area contributed by atoms with E-state index in [1.165, 1.54) is 4.31 Å². The Hall–Kier alpha value is -1.40. The Morgan fingerprint density at radius 2 is 2.00 bits per heavy atom. The summed E-state index contributed by atoms with van der Waals surface area (Å²) in [5, 5.41) is 8.74. The van der Waals surface area contributed by atoms with E-state index in [1.54, 1.807) is 38.1 Å². The highest BCUT2D eigenvalue weighted by atomic mass is 32.2. The lowest BCUT2D eigenvalue weighted by Gasteiger charge is -2.33. The van der Waals surface area contributed by atoms with Gasteiger partial charge in [0, 0.05) is 13.1 Å². The molecule has 2 rings (SSSR count). The van der Waals surface area contributed by atoms with Crippen LogP contribution in [0.5, 0.6) is 0 Å². The molecule has 0 radical (unpaired) electrons. The van der Waals surface area contributed by atoms with Gasteiger partial charge in [-0.2, -0.15) is 4.31 Å². The lowest BCUT2D eigenvalue weighted by Crippen LogP contribution is -2.43. The van der Waals surface area contributed by atoms with Crippen LogP contribution in [0.15, 0.2) is 24.3 Å². The van der Waals surface area contributed by atoms with Crippen molar-refractivity contribution in [2.24, 2.45) is 0 Å². The van der Waals surface area contributed by atoms with Crippen LogP contribution in [-0.2, 0) is 21.4 Å². The van der Waals surface area contributed by atoms with Crippen molar-refractivity contribution in [3.63, 3.8) is 0 Å². The van der Waals surface area contributed by atoms with Gasteiger partial charge in [-0.3, -0.25) is 4.79 Å². The Morgan fingerprint density at radius 1 is 1.37 bits per heavy atom. The Bertz CT molecular complexity index is 594. The highest BCUT2D eigenvalue weighted by Crippen LogP contribution is 2.30. The minimum atomic E-state index is -3.44. The lowest BCUT2D eigenvalue weighted by atomic mass is 9.91. The van der Waals surface area contributed by atoms with E-state index >= 15 is 0 Å². The van der Waals surface area contributed by atoms with Gasteiger partial charge in [0.25, 0.3) is 0 Å². The van der Waals surface area contributed by atoms with Crippen molar-refractivity contribution in [3.8, 4) is 0 Å². The highest BCUT2D eigenvalue weighted by Gasteiger charge is 2.36. The summed E-state index contributed by atoms with van der Waals surface area (Å²) in [6.07, 6.45) is 0. The molecular formula is C13H17NO4S. The van der Waals surface area contributed by atoms with Crippen LogP contribution in [0.4, 0.5) is 0 Å². The minimum absolute atomic E-state index is 0.00681. The molecule has 0 bridgehead atoms. The standard InChI is InChI=1S/C13H17NO4S/c1-9(2)19(17,18)14-7-10-5-3-4-6-11(10)12(8-14)13(15)16/h3-6,9,12H,7-8H2,1-2H3,(H,15,16). The Labute approximate surface area is 112 Å². The van der Waals surface area contributed by atoms with Crippen LogP contribution in [0.2, 0.25) is 0 Å². The molecule has 19 heavy (non-hydrogen) atoms. The molecule has 0 aromatic heterocycles. The smallest absolute Gasteiger partial charge is 0.312 e. The average molecular weight is 283 g/mol. The predicted octanol–water partition coefficient (Wildman–Crippen LogP) is 1.41. The molecule has 6 heteroatoms. The number of nitrogens with zero attached hydrogens (tertiary/aromatic N) is 1. The fourth-order valence-corrected chi connectivity index (χ4v) is 3.55. The van der Waals surface area contributed by atoms with Crippen LogP contribution in [0, 0.1) is 0 Å². The maximum Gasteiger partial charge on any atom is 0.312 e. The summed E-state index contributed by atoms with van der Waals surface area (Å²) in [5.74, 6) is -1.78. The number of hydrogen-bond donors (Lipinski definition) is 1. The summed E-state index contributed by atoms with van der Waals surface area (Å²) in [7, 11) is -3.44. The van der Waals surface area contributed by atoms with E-state index in [0.29, 0.717) is 5.56 Å². The molecular weight excluding hydrogens is 266 g/mol. The van der Waals surface area contributed by atoms with Gasteiger partial charge in [-0.05, 0) is 25.0 Å². The molecule has 104 valence electrons. The third-order valence-corrected chi connectivity index (χ3v) is 5.61. The zero-order valence-corrected chi connectivity index (χ0v) is 11.7. The maximum atomic E-state index is 12.2. The summed E-state index contributed by atoms with van der Waals surface area (Å²) in [4.78, 5) is 11.3. The molecule has 1 heterocycles. The maximum absolute atomic E-state index is 12.2. The third-order valence-electron chi connectivity index (χ3n) is 3.42. The van der Waals surface area contributed by atoms with E-state index in [-0.39, 0.29) is 13.1 Å². The first kappa shape index (κ1) is 14.0. The summed E-state index contributed by atoms with van der Waals surface area (Å²) in [5.41, 5.74) is 1.48. The first-order valence-corrected chi connectivity index (χ1v) is 7.64. The molecule has 1 atom stereocenters. The van der Waals surface area contributed by atoms with E-state index in [2.05, 4.69) is 0 Å². The van der Waals surface area contributed by atoms with Crippen molar-refractivity contribution < 1.29 is 18.3 Å². The minimum Gasteiger partial charge on any atom is -0.481 e. The molecule has 0 saturated carbocycles. The first-order chi connectivity index (χ1) is 8.84. The van der Waals surface area contributed by atoms with Gasteiger partial charge in [-0.1, -0.05) is 24.3 Å². The molecule has 1 unspecified atom stereocenters. The molecule has 1 N–H and O–H groups in total. The lowest BCUT2D eigenvalue weighted by molar-refractivity contribution is -0.139. The molecule has 0 amide bonds. The topological polar surface area (TPSA) is 74.7 Å². The van der Waals surface area contributed by atoms with Gasteiger partial charge < -0.3 is 5.11 Å². The van der Waals surface area contributed by atoms with Gasteiger partial charge >= 0.3 is 5.97 Å². The average Bonchev–Trinajstić information content (AvgIpc) is 2.36. The molecule has 1 aliphatic heterocycles. The van der Waals surface area contributed by atoms with Crippen LogP contribution >= 0.6 is 0 Å². The zero-order valence-electron chi connectivity index (χ0n) is 10.9. The van der Waals surface area contributed by atoms with E-state index in [0.717, 1.165) is 5.56 Å². The van der Waals surface area contributed by atoms with Crippen molar-refractivity contribution in [2.45, 2.75) is 31.6 Å². The second-order valence-electron chi connectivity index (χ2n) is 4.98. The van der Waals surface area contributed by atoms with Gasteiger partial charge in [0.15, 0.2) is 0 Å². The van der Waals surface area contributed by atoms with Gasteiger partial charge in [0.05, 0.1) is 11.2 Å². The number of carboxylic acids is 1. The number of carboxylic acid groups (broad SMARTS) is 1. The fraction of sp³-hybridized carbons (Fsp3) is 0.462. The number of rotatable bonds is 3. The quantitative estimate of drug-likeness (QED) is 0.910. The first-order valence-electron chi connectivity index (χ1n) is 6.13.